The fraction of sp³-hybridized carbons (Fsp3) is 0.281. The van der Waals surface area contributed by atoms with Gasteiger partial charge in [0.15, 0.2) is 18.3 Å². The summed E-state index contributed by atoms with van der Waals surface area (Å²) in [6.45, 7) is -0.364. The second-order valence-corrected chi connectivity index (χ2v) is 9.73. The highest BCUT2D eigenvalue weighted by atomic mass is 16.5. The molecule has 6 N–H and O–H groups in total. The summed E-state index contributed by atoms with van der Waals surface area (Å²) in [5, 5.41) is 5.31. The second-order valence-electron chi connectivity index (χ2n) is 9.73. The zero-order valence-corrected chi connectivity index (χ0v) is 24.4. The van der Waals surface area contributed by atoms with Crippen molar-refractivity contribution in [2.45, 2.75) is 38.0 Å². The molecule has 0 heterocycles. The van der Waals surface area contributed by atoms with E-state index in [4.69, 9.17) is 25.7 Å². The van der Waals surface area contributed by atoms with Crippen molar-refractivity contribution < 1.29 is 33.4 Å². The Kier molecular flexibility index (Phi) is 13.2. The highest BCUT2D eigenvalue weighted by Gasteiger charge is 2.28. The maximum Gasteiger partial charge on any atom is 0.408 e. The minimum Gasteiger partial charge on any atom is -0.497 e. The predicted octanol–water partition coefficient (Wildman–Crippen LogP) is 2.50. The fourth-order valence-electron chi connectivity index (χ4n) is 4.10. The molecule has 0 fully saturated rings. The highest BCUT2D eigenvalue weighted by molar-refractivity contribution is 5.95. The number of nitrogens with two attached hydrogens (primary N) is 2. The molecule has 0 aromatic heterocycles. The molecular weight excluding hydrogens is 566 g/mol. The number of nitrogens with zero attached hydrogens (tertiary/aromatic N) is 1. The van der Waals surface area contributed by atoms with Crippen molar-refractivity contribution in [1.29, 1.82) is 0 Å². The Morgan fingerprint density at radius 3 is 2.05 bits per heavy atom. The standard InChI is InChI=1S/C32H37N5O7/c1-42-25-16-14-24(15-17-25)30(40)43-21-28(38)26(13-8-18-35-31(33)34)36-29(39)27(19-22-9-4-2-5-10-22)37-32(41)44-20-23-11-6-3-7-12-23/h2-7,9-12,14-17,26-27H,8,13,18-21H2,1H3,(H,36,39)(H,37,41)(H4,33,34,35)/t26-,27-/m0/s1. The van der Waals surface area contributed by atoms with Gasteiger partial charge in [-0.15, -0.1) is 0 Å². The summed E-state index contributed by atoms with van der Waals surface area (Å²) in [7, 11) is 1.50. The van der Waals surface area contributed by atoms with Crippen molar-refractivity contribution in [1.82, 2.24) is 10.6 Å². The molecule has 0 bridgehead atoms. The number of hydrogen-bond acceptors (Lipinski definition) is 8. The topological polar surface area (TPSA) is 184 Å². The van der Waals surface area contributed by atoms with E-state index in [1.807, 2.05) is 48.5 Å². The van der Waals surface area contributed by atoms with Crippen LogP contribution in [0.2, 0.25) is 0 Å². The average Bonchev–Trinajstić information content (AvgIpc) is 3.04. The molecule has 0 saturated carbocycles. The Morgan fingerprint density at radius 1 is 0.795 bits per heavy atom. The van der Waals surface area contributed by atoms with Crippen LogP contribution in [0.1, 0.15) is 34.3 Å². The smallest absolute Gasteiger partial charge is 0.408 e. The normalized spacial score (nSPS) is 11.8. The van der Waals surface area contributed by atoms with E-state index in [2.05, 4.69) is 15.6 Å². The number of guanidine groups is 1. The third kappa shape index (κ3) is 11.5. The van der Waals surface area contributed by atoms with Gasteiger partial charge in [-0.2, -0.15) is 0 Å². The Balaban J connectivity index is 1.69. The highest BCUT2D eigenvalue weighted by Crippen LogP contribution is 2.13. The van der Waals surface area contributed by atoms with Gasteiger partial charge >= 0.3 is 12.1 Å². The number of Topliss-reactive ketones (excluding diaryl/α,β-unsaturated/α-hetero) is 1. The van der Waals surface area contributed by atoms with E-state index in [1.165, 1.54) is 19.2 Å². The van der Waals surface area contributed by atoms with Crippen LogP contribution in [-0.2, 0) is 32.1 Å². The Morgan fingerprint density at radius 2 is 1.43 bits per heavy atom. The van der Waals surface area contributed by atoms with Gasteiger partial charge in [-0.05, 0) is 48.2 Å². The van der Waals surface area contributed by atoms with E-state index >= 15 is 0 Å². The lowest BCUT2D eigenvalue weighted by atomic mass is 10.0. The number of amides is 2. The monoisotopic (exact) mass is 603 g/mol. The maximum atomic E-state index is 13.5. The largest absolute Gasteiger partial charge is 0.497 e. The van der Waals surface area contributed by atoms with Crippen molar-refractivity contribution in [3.05, 3.63) is 102 Å². The number of nitrogens with one attached hydrogen (secondary N) is 2. The number of ether oxygens (including phenoxy) is 3. The van der Waals surface area contributed by atoms with Gasteiger partial charge in [-0.25, -0.2) is 9.59 Å². The number of esters is 1. The zero-order chi connectivity index (χ0) is 31.7. The lowest BCUT2D eigenvalue weighted by Gasteiger charge is -2.23. The van der Waals surface area contributed by atoms with E-state index in [9.17, 15) is 19.2 Å². The first-order chi connectivity index (χ1) is 21.2. The fourth-order valence-corrected chi connectivity index (χ4v) is 4.10. The molecule has 44 heavy (non-hydrogen) atoms. The second kappa shape index (κ2) is 17.5. The van der Waals surface area contributed by atoms with E-state index < -0.39 is 42.4 Å². The van der Waals surface area contributed by atoms with Gasteiger partial charge < -0.3 is 36.3 Å². The molecule has 12 heteroatoms. The number of methoxy groups -OCH3 is 1. The minimum atomic E-state index is -1.07. The van der Waals surface area contributed by atoms with Crippen molar-refractivity contribution >= 4 is 29.7 Å². The molecule has 0 spiro atoms. The third-order valence-corrected chi connectivity index (χ3v) is 6.43. The molecule has 0 aliphatic rings. The zero-order valence-electron chi connectivity index (χ0n) is 24.4. The van der Waals surface area contributed by atoms with Gasteiger partial charge in [-0.3, -0.25) is 14.6 Å². The summed E-state index contributed by atoms with van der Waals surface area (Å²) in [4.78, 5) is 55.8. The van der Waals surface area contributed by atoms with Crippen molar-refractivity contribution in [3.8, 4) is 5.75 Å². The van der Waals surface area contributed by atoms with Crippen LogP contribution in [0.4, 0.5) is 4.79 Å². The molecule has 3 rings (SSSR count). The van der Waals surface area contributed by atoms with Crippen LogP contribution in [0.5, 0.6) is 5.75 Å². The van der Waals surface area contributed by atoms with Crippen LogP contribution in [-0.4, -0.2) is 62.1 Å². The third-order valence-electron chi connectivity index (χ3n) is 6.43. The number of rotatable bonds is 16. The average molecular weight is 604 g/mol. The van der Waals surface area contributed by atoms with Crippen molar-refractivity contribution in [2.24, 2.45) is 16.5 Å². The molecule has 0 radical (unpaired) electrons. The first-order valence-electron chi connectivity index (χ1n) is 14.0. The quantitative estimate of drug-likeness (QED) is 0.0826. The van der Waals surface area contributed by atoms with Gasteiger partial charge in [0, 0.05) is 13.0 Å². The number of benzene rings is 3. The number of hydrogen-bond donors (Lipinski definition) is 4. The van der Waals surface area contributed by atoms with Gasteiger partial charge in [-0.1, -0.05) is 60.7 Å². The van der Waals surface area contributed by atoms with Crippen LogP contribution < -0.4 is 26.8 Å². The summed E-state index contributed by atoms with van der Waals surface area (Å²) >= 11 is 0. The predicted molar refractivity (Wildman–Crippen MR) is 164 cm³/mol. The van der Waals surface area contributed by atoms with E-state index in [-0.39, 0.29) is 37.5 Å². The summed E-state index contributed by atoms with van der Waals surface area (Å²) in [6.07, 6.45) is -0.169. The number of aliphatic imine (C=N–C) groups is 1. The number of ketones is 1. The molecule has 0 unspecified atom stereocenters. The molecule has 3 aromatic carbocycles. The summed E-state index contributed by atoms with van der Waals surface area (Å²) in [6, 6.07) is 22.3. The maximum absolute atomic E-state index is 13.5. The van der Waals surface area contributed by atoms with Crippen molar-refractivity contribution in [2.75, 3.05) is 20.3 Å². The van der Waals surface area contributed by atoms with Crippen LogP contribution in [0.25, 0.3) is 0 Å². The molecule has 3 aromatic rings. The number of carbonyl (C=O) groups excluding carboxylic acids is 4. The first kappa shape index (κ1) is 33.1. The Hall–Kier alpha value is -5.39. The summed E-state index contributed by atoms with van der Waals surface area (Å²) < 4.78 is 15.6. The molecule has 2 atom stereocenters. The lowest BCUT2D eigenvalue weighted by molar-refractivity contribution is -0.130. The Labute approximate surface area is 255 Å². The van der Waals surface area contributed by atoms with Crippen LogP contribution in [0.15, 0.2) is 89.9 Å². The van der Waals surface area contributed by atoms with Gasteiger partial charge in [0.2, 0.25) is 5.91 Å². The molecular formula is C32H37N5O7. The number of alkyl carbamates (subject to hydrolysis) is 1. The SMILES string of the molecule is COc1ccc(C(=O)OCC(=O)[C@H](CCCN=C(N)N)NC(=O)[C@H](Cc2ccccc2)NC(=O)OCc2ccccc2)cc1. The molecule has 0 aliphatic heterocycles. The van der Waals surface area contributed by atoms with Crippen LogP contribution in [0, 0.1) is 0 Å². The minimum absolute atomic E-state index is 0.0117. The van der Waals surface area contributed by atoms with Gasteiger partial charge in [0.05, 0.1) is 18.7 Å². The molecule has 0 saturated heterocycles. The summed E-state index contributed by atoms with van der Waals surface area (Å²) in [5.74, 6) is -1.42. The first-order valence-corrected chi connectivity index (χ1v) is 14.0. The van der Waals surface area contributed by atoms with Crippen LogP contribution >= 0.6 is 0 Å². The summed E-state index contributed by atoms with van der Waals surface area (Å²) in [5.41, 5.74) is 12.6. The molecule has 0 aliphatic carbocycles. The van der Waals surface area contributed by atoms with Crippen LogP contribution in [0.3, 0.4) is 0 Å². The Bertz CT molecular complexity index is 1400. The van der Waals surface area contributed by atoms with Gasteiger partial charge in [0.25, 0.3) is 0 Å². The number of carbonyl (C=O) groups is 4. The van der Waals surface area contributed by atoms with E-state index in [0.29, 0.717) is 12.2 Å². The van der Waals surface area contributed by atoms with E-state index in [1.54, 1.807) is 24.3 Å². The lowest BCUT2D eigenvalue weighted by Crippen LogP contribution is -2.53. The molecule has 2 amide bonds. The van der Waals surface area contributed by atoms with Gasteiger partial charge in [0.1, 0.15) is 18.4 Å². The molecule has 12 nitrogen and oxygen atoms in total. The van der Waals surface area contributed by atoms with E-state index in [0.717, 1.165) is 11.1 Å². The van der Waals surface area contributed by atoms with Crippen molar-refractivity contribution in [3.63, 3.8) is 0 Å². The molecule has 232 valence electrons.